The normalized spacial score (nSPS) is 11.5. The number of thiazole rings is 1. The standard InChI is InChI=1S/C12H10FNO4S2/c1-7-14-9(5-19-7)6-20(17,18)11-4-8(12(15)16)2-3-10(11)13/h2-5H,6H2,1H3,(H,15,16). The number of carbonyl (C=O) groups is 1. The summed E-state index contributed by atoms with van der Waals surface area (Å²) in [6.45, 7) is 1.73. The van der Waals surface area contributed by atoms with Gasteiger partial charge in [-0.3, -0.25) is 0 Å². The van der Waals surface area contributed by atoms with Crippen LogP contribution in [0.4, 0.5) is 4.39 Å². The predicted molar refractivity (Wildman–Crippen MR) is 71.1 cm³/mol. The number of aromatic carboxylic acids is 1. The van der Waals surface area contributed by atoms with E-state index in [1.165, 1.54) is 11.3 Å². The third-order valence-electron chi connectivity index (χ3n) is 2.52. The highest BCUT2D eigenvalue weighted by molar-refractivity contribution is 7.90. The summed E-state index contributed by atoms with van der Waals surface area (Å²) in [5.74, 6) is -2.75. The lowest BCUT2D eigenvalue weighted by atomic mass is 10.2. The Labute approximate surface area is 118 Å². The van der Waals surface area contributed by atoms with Crippen LogP contribution < -0.4 is 0 Å². The maximum Gasteiger partial charge on any atom is 0.335 e. The van der Waals surface area contributed by atoms with Gasteiger partial charge in [-0.2, -0.15) is 0 Å². The third-order valence-corrected chi connectivity index (χ3v) is 5.00. The third kappa shape index (κ3) is 3.02. The molecular weight excluding hydrogens is 305 g/mol. The molecule has 0 aliphatic rings. The van der Waals surface area contributed by atoms with E-state index in [0.29, 0.717) is 10.7 Å². The molecule has 1 aromatic carbocycles. The number of hydrogen-bond acceptors (Lipinski definition) is 5. The average Bonchev–Trinajstić information content (AvgIpc) is 2.73. The summed E-state index contributed by atoms with van der Waals surface area (Å²) in [5.41, 5.74) is 0.0343. The average molecular weight is 315 g/mol. The van der Waals surface area contributed by atoms with Crippen LogP contribution in [0.3, 0.4) is 0 Å². The van der Waals surface area contributed by atoms with Crippen LogP contribution in [0.1, 0.15) is 21.1 Å². The zero-order valence-electron chi connectivity index (χ0n) is 10.3. The second-order valence-corrected chi connectivity index (χ2v) is 7.09. The number of nitrogens with zero attached hydrogens (tertiary/aromatic N) is 1. The van der Waals surface area contributed by atoms with Crippen LogP contribution in [0.15, 0.2) is 28.5 Å². The Kier molecular flexibility index (Phi) is 3.87. The van der Waals surface area contributed by atoms with E-state index in [1.54, 1.807) is 12.3 Å². The first-order valence-electron chi connectivity index (χ1n) is 5.46. The zero-order chi connectivity index (χ0) is 14.9. The highest BCUT2D eigenvalue weighted by atomic mass is 32.2. The van der Waals surface area contributed by atoms with Crippen molar-refractivity contribution < 1.29 is 22.7 Å². The summed E-state index contributed by atoms with van der Waals surface area (Å²) >= 11 is 1.29. The molecule has 1 N–H and O–H groups in total. The summed E-state index contributed by atoms with van der Waals surface area (Å²) in [6.07, 6.45) is 0. The lowest BCUT2D eigenvalue weighted by Crippen LogP contribution is -2.09. The summed E-state index contributed by atoms with van der Waals surface area (Å²) < 4.78 is 37.9. The van der Waals surface area contributed by atoms with Gasteiger partial charge in [-0.15, -0.1) is 11.3 Å². The lowest BCUT2D eigenvalue weighted by molar-refractivity contribution is 0.0696. The molecular formula is C12H10FNO4S2. The second-order valence-electron chi connectivity index (χ2n) is 4.07. The molecule has 1 aromatic heterocycles. The number of carboxylic acid groups (broad SMARTS) is 1. The van der Waals surface area contributed by atoms with Crippen LogP contribution in [-0.4, -0.2) is 24.5 Å². The molecule has 0 atom stereocenters. The van der Waals surface area contributed by atoms with Crippen LogP contribution in [-0.2, 0) is 15.6 Å². The van der Waals surface area contributed by atoms with Gasteiger partial charge in [0.25, 0.3) is 0 Å². The van der Waals surface area contributed by atoms with Gasteiger partial charge in [0, 0.05) is 5.38 Å². The Morgan fingerprint density at radius 2 is 2.15 bits per heavy atom. The lowest BCUT2D eigenvalue weighted by Gasteiger charge is -2.05. The number of benzene rings is 1. The van der Waals surface area contributed by atoms with Crippen molar-refractivity contribution in [2.24, 2.45) is 0 Å². The fourth-order valence-electron chi connectivity index (χ4n) is 1.62. The minimum Gasteiger partial charge on any atom is -0.478 e. The number of hydrogen-bond donors (Lipinski definition) is 1. The molecule has 0 aliphatic carbocycles. The van der Waals surface area contributed by atoms with Gasteiger partial charge in [0.2, 0.25) is 0 Å². The van der Waals surface area contributed by atoms with E-state index in [2.05, 4.69) is 4.98 Å². The van der Waals surface area contributed by atoms with Crippen LogP contribution >= 0.6 is 11.3 Å². The van der Waals surface area contributed by atoms with Crippen molar-refractivity contribution in [3.63, 3.8) is 0 Å². The molecule has 0 unspecified atom stereocenters. The SMILES string of the molecule is Cc1nc(CS(=O)(=O)c2cc(C(=O)O)ccc2F)cs1. The van der Waals surface area contributed by atoms with Crippen molar-refractivity contribution in [2.75, 3.05) is 0 Å². The largest absolute Gasteiger partial charge is 0.478 e. The number of rotatable bonds is 4. The molecule has 106 valence electrons. The Bertz CT molecular complexity index is 768. The summed E-state index contributed by atoms with van der Waals surface area (Å²) in [4.78, 5) is 14.2. The molecule has 0 fully saturated rings. The van der Waals surface area contributed by atoms with Crippen LogP contribution in [0.2, 0.25) is 0 Å². The van der Waals surface area contributed by atoms with Gasteiger partial charge < -0.3 is 5.11 Å². The highest BCUT2D eigenvalue weighted by Crippen LogP contribution is 2.22. The molecule has 0 aliphatic heterocycles. The van der Waals surface area contributed by atoms with Crippen molar-refractivity contribution in [2.45, 2.75) is 17.6 Å². The van der Waals surface area contributed by atoms with Crippen LogP contribution in [0.25, 0.3) is 0 Å². The van der Waals surface area contributed by atoms with Crippen molar-refractivity contribution in [3.8, 4) is 0 Å². The van der Waals surface area contributed by atoms with Crippen molar-refractivity contribution >= 4 is 27.1 Å². The Morgan fingerprint density at radius 3 is 2.70 bits per heavy atom. The number of carboxylic acids is 1. The van der Waals surface area contributed by atoms with Gasteiger partial charge in [-0.25, -0.2) is 22.6 Å². The number of sulfone groups is 1. The predicted octanol–water partition coefficient (Wildman–Crippen LogP) is 2.26. The Hall–Kier alpha value is -1.80. The first kappa shape index (κ1) is 14.6. The van der Waals surface area contributed by atoms with E-state index in [0.717, 1.165) is 18.2 Å². The van der Waals surface area contributed by atoms with E-state index in [-0.39, 0.29) is 5.56 Å². The molecule has 0 spiro atoms. The maximum atomic E-state index is 13.6. The first-order chi connectivity index (χ1) is 9.29. The fourth-order valence-corrected chi connectivity index (χ4v) is 3.70. The van der Waals surface area contributed by atoms with Gasteiger partial charge in [0.05, 0.1) is 22.0 Å². The highest BCUT2D eigenvalue weighted by Gasteiger charge is 2.22. The van der Waals surface area contributed by atoms with Gasteiger partial charge in [0.1, 0.15) is 10.7 Å². The maximum absolute atomic E-state index is 13.6. The van der Waals surface area contributed by atoms with Gasteiger partial charge in [0.15, 0.2) is 9.84 Å². The zero-order valence-corrected chi connectivity index (χ0v) is 12.0. The monoisotopic (exact) mass is 315 g/mol. The molecule has 5 nitrogen and oxygen atoms in total. The molecule has 0 bridgehead atoms. The fraction of sp³-hybridized carbons (Fsp3) is 0.167. The Balaban J connectivity index is 2.43. The molecule has 8 heteroatoms. The molecule has 2 rings (SSSR count). The van der Waals surface area contributed by atoms with E-state index < -0.39 is 32.3 Å². The van der Waals surface area contributed by atoms with Crippen molar-refractivity contribution in [1.82, 2.24) is 4.98 Å². The molecule has 1 heterocycles. The molecule has 0 saturated heterocycles. The summed E-state index contributed by atoms with van der Waals surface area (Å²) in [7, 11) is -3.98. The summed E-state index contributed by atoms with van der Waals surface area (Å²) in [6, 6.07) is 2.68. The van der Waals surface area contributed by atoms with Crippen LogP contribution in [0.5, 0.6) is 0 Å². The minimum absolute atomic E-state index is 0.278. The minimum atomic E-state index is -3.98. The van der Waals surface area contributed by atoms with Crippen molar-refractivity contribution in [1.29, 1.82) is 0 Å². The number of halogens is 1. The first-order valence-corrected chi connectivity index (χ1v) is 7.99. The molecule has 2 aromatic rings. The second kappa shape index (κ2) is 5.29. The summed E-state index contributed by atoms with van der Waals surface area (Å²) in [5, 5.41) is 11.1. The van der Waals surface area contributed by atoms with Gasteiger partial charge in [-0.05, 0) is 25.1 Å². The van der Waals surface area contributed by atoms with E-state index >= 15 is 0 Å². The van der Waals surface area contributed by atoms with Gasteiger partial charge in [-0.1, -0.05) is 0 Å². The smallest absolute Gasteiger partial charge is 0.335 e. The quantitative estimate of drug-likeness (QED) is 0.935. The molecule has 20 heavy (non-hydrogen) atoms. The topological polar surface area (TPSA) is 84.3 Å². The van der Waals surface area contributed by atoms with E-state index in [9.17, 15) is 17.6 Å². The molecule has 0 saturated carbocycles. The molecule has 0 amide bonds. The van der Waals surface area contributed by atoms with Crippen molar-refractivity contribution in [3.05, 3.63) is 45.7 Å². The number of aryl methyl sites for hydroxylation is 1. The molecule has 0 radical (unpaired) electrons. The van der Waals surface area contributed by atoms with E-state index in [4.69, 9.17) is 5.11 Å². The van der Waals surface area contributed by atoms with Crippen LogP contribution in [0, 0.1) is 12.7 Å². The van der Waals surface area contributed by atoms with E-state index in [1.807, 2.05) is 0 Å². The van der Waals surface area contributed by atoms with Gasteiger partial charge >= 0.3 is 5.97 Å². The number of aromatic nitrogens is 1. The Morgan fingerprint density at radius 1 is 1.45 bits per heavy atom.